The minimum Gasteiger partial charge on any atom is -0.352 e. The molecule has 0 aliphatic heterocycles. The van der Waals surface area contributed by atoms with Crippen molar-refractivity contribution in [2.24, 2.45) is 0 Å². The Hall–Kier alpha value is -1.95. The number of rotatable bonds is 4. The van der Waals surface area contributed by atoms with Crippen LogP contribution in [0.1, 0.15) is 30.1 Å². The van der Waals surface area contributed by atoms with Gasteiger partial charge in [0, 0.05) is 36.4 Å². The first-order valence-electron chi connectivity index (χ1n) is 7.37. The maximum Gasteiger partial charge on any atom is 0.203 e. The Balaban J connectivity index is 1.66. The number of fused-ring (bicyclic) bond motifs is 1. The molecule has 5 nitrogen and oxygen atoms in total. The zero-order chi connectivity index (χ0) is 15.1. The molecule has 0 N–H and O–H groups in total. The minimum absolute atomic E-state index is 0.571. The van der Waals surface area contributed by atoms with Crippen molar-refractivity contribution in [1.82, 2.24) is 19.6 Å². The molecule has 0 spiro atoms. The number of aromatic nitrogens is 4. The SMILES string of the molecule is CN(Cc1ccc(Br)cc1)c1nccn2c(C3CC3)nnc12. The molecule has 2 aromatic heterocycles. The molecular weight excluding hydrogens is 342 g/mol. The molecule has 0 radical (unpaired) electrons. The van der Waals surface area contributed by atoms with Crippen molar-refractivity contribution < 1.29 is 0 Å². The zero-order valence-corrected chi connectivity index (χ0v) is 13.9. The number of hydrogen-bond donors (Lipinski definition) is 0. The van der Waals surface area contributed by atoms with Crippen LogP contribution in [-0.2, 0) is 6.54 Å². The summed E-state index contributed by atoms with van der Waals surface area (Å²) in [7, 11) is 2.04. The normalized spacial score (nSPS) is 14.5. The van der Waals surface area contributed by atoms with Crippen LogP contribution < -0.4 is 4.90 Å². The molecule has 4 rings (SSSR count). The first-order valence-corrected chi connectivity index (χ1v) is 8.17. The Labute approximate surface area is 137 Å². The van der Waals surface area contributed by atoms with E-state index < -0.39 is 0 Å². The van der Waals surface area contributed by atoms with E-state index in [1.54, 1.807) is 0 Å². The van der Waals surface area contributed by atoms with E-state index in [-0.39, 0.29) is 0 Å². The number of benzene rings is 1. The topological polar surface area (TPSA) is 46.3 Å². The average Bonchev–Trinajstić information content (AvgIpc) is 3.28. The molecule has 3 aromatic rings. The van der Waals surface area contributed by atoms with E-state index in [1.807, 2.05) is 19.4 Å². The van der Waals surface area contributed by atoms with E-state index in [9.17, 15) is 0 Å². The van der Waals surface area contributed by atoms with Gasteiger partial charge in [0.25, 0.3) is 0 Å². The van der Waals surface area contributed by atoms with Gasteiger partial charge in [-0.05, 0) is 30.5 Å². The van der Waals surface area contributed by atoms with Crippen LogP contribution in [0.15, 0.2) is 41.1 Å². The predicted octanol–water partition coefficient (Wildman–Crippen LogP) is 3.40. The lowest BCUT2D eigenvalue weighted by molar-refractivity contribution is 0.877. The summed E-state index contributed by atoms with van der Waals surface area (Å²) >= 11 is 3.46. The molecule has 1 aliphatic carbocycles. The van der Waals surface area contributed by atoms with Gasteiger partial charge in [0.2, 0.25) is 5.65 Å². The quantitative estimate of drug-likeness (QED) is 0.717. The van der Waals surface area contributed by atoms with Crippen LogP contribution in [-0.4, -0.2) is 26.6 Å². The summed E-state index contributed by atoms with van der Waals surface area (Å²) in [6.45, 7) is 0.783. The largest absolute Gasteiger partial charge is 0.352 e. The van der Waals surface area contributed by atoms with Gasteiger partial charge in [-0.2, -0.15) is 0 Å². The lowest BCUT2D eigenvalue weighted by Gasteiger charge is -2.18. The van der Waals surface area contributed by atoms with Crippen molar-refractivity contribution in [2.75, 3.05) is 11.9 Å². The van der Waals surface area contributed by atoms with Crippen molar-refractivity contribution >= 4 is 27.4 Å². The third kappa shape index (κ3) is 2.47. The average molecular weight is 358 g/mol. The van der Waals surface area contributed by atoms with Crippen LogP contribution in [0.4, 0.5) is 5.82 Å². The van der Waals surface area contributed by atoms with Crippen molar-refractivity contribution in [3.63, 3.8) is 0 Å². The van der Waals surface area contributed by atoms with Crippen LogP contribution >= 0.6 is 15.9 Å². The third-order valence-corrected chi connectivity index (χ3v) is 4.50. The number of halogens is 1. The van der Waals surface area contributed by atoms with Gasteiger partial charge in [-0.1, -0.05) is 28.1 Å². The number of anilines is 1. The maximum atomic E-state index is 4.51. The van der Waals surface area contributed by atoms with E-state index in [4.69, 9.17) is 0 Å². The van der Waals surface area contributed by atoms with Crippen LogP contribution in [0, 0.1) is 0 Å². The molecule has 22 heavy (non-hydrogen) atoms. The molecule has 0 saturated heterocycles. The van der Waals surface area contributed by atoms with Gasteiger partial charge in [-0.15, -0.1) is 10.2 Å². The van der Waals surface area contributed by atoms with Crippen LogP contribution in [0.2, 0.25) is 0 Å². The fourth-order valence-electron chi connectivity index (χ4n) is 2.66. The van der Waals surface area contributed by atoms with Gasteiger partial charge < -0.3 is 4.90 Å². The molecule has 1 saturated carbocycles. The summed E-state index contributed by atoms with van der Waals surface area (Å²) in [4.78, 5) is 6.62. The smallest absolute Gasteiger partial charge is 0.203 e. The van der Waals surface area contributed by atoms with Gasteiger partial charge in [0.05, 0.1) is 0 Å². The van der Waals surface area contributed by atoms with Gasteiger partial charge >= 0.3 is 0 Å². The fraction of sp³-hybridized carbons (Fsp3) is 0.312. The second-order valence-corrected chi connectivity index (χ2v) is 6.68. The summed E-state index contributed by atoms with van der Waals surface area (Å²) < 4.78 is 3.17. The van der Waals surface area contributed by atoms with E-state index in [1.165, 1.54) is 18.4 Å². The van der Waals surface area contributed by atoms with Gasteiger partial charge in [-0.25, -0.2) is 4.98 Å². The first kappa shape index (κ1) is 13.7. The van der Waals surface area contributed by atoms with Crippen LogP contribution in [0.5, 0.6) is 0 Å². The molecule has 6 heteroatoms. The summed E-state index contributed by atoms with van der Waals surface area (Å²) in [5, 5.41) is 8.72. The molecule has 0 unspecified atom stereocenters. The Morgan fingerprint density at radius 3 is 2.73 bits per heavy atom. The summed E-state index contributed by atoms with van der Waals surface area (Å²) in [5.74, 6) is 2.50. The first-order chi connectivity index (χ1) is 10.7. The van der Waals surface area contributed by atoms with E-state index in [0.29, 0.717) is 5.92 Å². The standard InChI is InChI=1S/C16H16BrN5/c1-21(10-11-2-6-13(17)7-3-11)15-16-20-19-14(12-4-5-12)22(16)9-8-18-15/h2-3,6-9,12H,4-5,10H2,1H3. The van der Waals surface area contributed by atoms with E-state index in [0.717, 1.165) is 28.3 Å². The summed E-state index contributed by atoms with van der Waals surface area (Å²) in [6.07, 6.45) is 6.22. The molecule has 1 aliphatic rings. The highest BCUT2D eigenvalue weighted by molar-refractivity contribution is 9.10. The van der Waals surface area contributed by atoms with E-state index >= 15 is 0 Å². The summed E-state index contributed by atoms with van der Waals surface area (Å²) in [6, 6.07) is 8.33. The Morgan fingerprint density at radius 1 is 1.23 bits per heavy atom. The molecule has 0 atom stereocenters. The van der Waals surface area contributed by atoms with Crippen molar-refractivity contribution in [2.45, 2.75) is 25.3 Å². The Kier molecular flexibility index (Phi) is 3.33. The highest BCUT2D eigenvalue weighted by Gasteiger charge is 2.29. The maximum absolute atomic E-state index is 4.51. The molecule has 0 amide bonds. The Morgan fingerprint density at radius 2 is 2.00 bits per heavy atom. The molecule has 2 heterocycles. The second kappa shape index (κ2) is 5.35. The van der Waals surface area contributed by atoms with Gasteiger partial charge in [-0.3, -0.25) is 4.40 Å². The number of hydrogen-bond acceptors (Lipinski definition) is 4. The van der Waals surface area contributed by atoms with Crippen molar-refractivity contribution in [3.05, 3.63) is 52.5 Å². The lowest BCUT2D eigenvalue weighted by Crippen LogP contribution is -2.18. The second-order valence-electron chi connectivity index (χ2n) is 5.76. The monoisotopic (exact) mass is 357 g/mol. The fourth-order valence-corrected chi connectivity index (χ4v) is 2.92. The third-order valence-electron chi connectivity index (χ3n) is 3.97. The predicted molar refractivity (Wildman–Crippen MR) is 89.0 cm³/mol. The number of nitrogens with zero attached hydrogens (tertiary/aromatic N) is 5. The van der Waals surface area contributed by atoms with Gasteiger partial charge in [0.1, 0.15) is 5.82 Å². The van der Waals surface area contributed by atoms with Crippen molar-refractivity contribution in [3.8, 4) is 0 Å². The summed E-state index contributed by atoms with van der Waals surface area (Å²) in [5.41, 5.74) is 2.07. The Bertz CT molecular complexity index is 807. The molecule has 1 fully saturated rings. The van der Waals surface area contributed by atoms with E-state index in [2.05, 4.69) is 64.7 Å². The molecule has 112 valence electrons. The molecular formula is C16H16BrN5. The molecule has 1 aromatic carbocycles. The van der Waals surface area contributed by atoms with Crippen LogP contribution in [0.25, 0.3) is 5.65 Å². The highest BCUT2D eigenvalue weighted by Crippen LogP contribution is 2.39. The zero-order valence-electron chi connectivity index (χ0n) is 12.3. The van der Waals surface area contributed by atoms with Crippen LogP contribution in [0.3, 0.4) is 0 Å². The van der Waals surface area contributed by atoms with Crippen molar-refractivity contribution in [1.29, 1.82) is 0 Å². The minimum atomic E-state index is 0.571. The molecule has 0 bridgehead atoms. The van der Waals surface area contributed by atoms with Gasteiger partial charge in [0.15, 0.2) is 5.82 Å². The highest BCUT2D eigenvalue weighted by atomic mass is 79.9. The lowest BCUT2D eigenvalue weighted by atomic mass is 10.2.